The molecule has 1 aliphatic heterocycles. The van der Waals surface area contributed by atoms with Crippen LogP contribution in [0.15, 0.2) is 36.4 Å². The largest absolute Gasteiger partial charge is 0.477 e. The van der Waals surface area contributed by atoms with E-state index in [1.807, 2.05) is 25.1 Å². The summed E-state index contributed by atoms with van der Waals surface area (Å²) >= 11 is 6.02. The molecule has 6 heteroatoms. The Morgan fingerprint density at radius 2 is 2.18 bits per heavy atom. The van der Waals surface area contributed by atoms with Gasteiger partial charge in [0.05, 0.1) is 6.54 Å². The maximum Gasteiger partial charge on any atom is 0.269 e. The first-order valence-electron chi connectivity index (χ1n) is 7.07. The molecule has 1 amide bonds. The van der Waals surface area contributed by atoms with Crippen molar-refractivity contribution in [2.24, 2.45) is 0 Å². The van der Waals surface area contributed by atoms with E-state index in [1.54, 1.807) is 23.1 Å². The van der Waals surface area contributed by atoms with Gasteiger partial charge < -0.3 is 10.5 Å². The van der Waals surface area contributed by atoms with Crippen molar-refractivity contribution in [2.75, 3.05) is 10.6 Å². The van der Waals surface area contributed by atoms with Gasteiger partial charge in [-0.15, -0.1) is 0 Å². The zero-order chi connectivity index (χ0) is 15.7. The average Bonchev–Trinajstić information content (AvgIpc) is 2.50. The lowest BCUT2D eigenvalue weighted by Gasteiger charge is -2.33. The summed E-state index contributed by atoms with van der Waals surface area (Å²) in [5.74, 6) is 1.26. The van der Waals surface area contributed by atoms with Crippen molar-refractivity contribution >= 4 is 29.1 Å². The maximum absolute atomic E-state index is 12.6. The number of anilines is 2. The van der Waals surface area contributed by atoms with Crippen molar-refractivity contribution in [3.8, 4) is 5.75 Å². The molecule has 2 heterocycles. The quantitative estimate of drug-likeness (QED) is 0.944. The summed E-state index contributed by atoms with van der Waals surface area (Å²) in [4.78, 5) is 18.5. The van der Waals surface area contributed by atoms with Gasteiger partial charge in [0.15, 0.2) is 17.7 Å². The van der Waals surface area contributed by atoms with E-state index in [1.165, 1.54) is 0 Å². The van der Waals surface area contributed by atoms with Crippen LogP contribution in [0.3, 0.4) is 0 Å². The van der Waals surface area contributed by atoms with Crippen molar-refractivity contribution in [2.45, 2.75) is 26.0 Å². The number of halogens is 1. The molecule has 2 aromatic rings. The zero-order valence-corrected chi connectivity index (χ0v) is 12.9. The summed E-state index contributed by atoms with van der Waals surface area (Å²) in [5, 5.41) is 0.631. The van der Waals surface area contributed by atoms with Crippen LogP contribution in [0.1, 0.15) is 18.9 Å². The summed E-state index contributed by atoms with van der Waals surface area (Å²) in [6.07, 6.45) is 0.0893. The predicted octanol–water partition coefficient (Wildman–Crippen LogP) is 3.02. The van der Waals surface area contributed by atoms with Crippen LogP contribution >= 0.6 is 11.6 Å². The highest BCUT2D eigenvalue weighted by Gasteiger charge is 2.34. The molecule has 0 aliphatic carbocycles. The fraction of sp³-hybridized carbons (Fsp3) is 0.250. The number of aromatic nitrogens is 1. The molecular weight excluding hydrogens is 302 g/mol. The lowest BCUT2D eigenvalue weighted by molar-refractivity contribution is -0.126. The fourth-order valence-corrected chi connectivity index (χ4v) is 2.66. The normalized spacial score (nSPS) is 17.1. The highest BCUT2D eigenvalue weighted by atomic mass is 35.5. The molecule has 2 N–H and O–H groups in total. The first kappa shape index (κ1) is 14.7. The lowest BCUT2D eigenvalue weighted by atomic mass is 10.1. The maximum atomic E-state index is 12.6. The Balaban J connectivity index is 2.00. The van der Waals surface area contributed by atoms with Crippen molar-refractivity contribution in [1.82, 2.24) is 4.98 Å². The highest BCUT2D eigenvalue weighted by molar-refractivity contribution is 6.30. The minimum Gasteiger partial charge on any atom is -0.477 e. The van der Waals surface area contributed by atoms with Gasteiger partial charge in [-0.25, -0.2) is 4.98 Å². The number of nitrogens with zero attached hydrogens (tertiary/aromatic N) is 2. The number of hydrogen-bond acceptors (Lipinski definition) is 4. The van der Waals surface area contributed by atoms with Crippen molar-refractivity contribution in [3.63, 3.8) is 0 Å². The molecule has 5 nitrogen and oxygen atoms in total. The number of hydrogen-bond donors (Lipinski definition) is 1. The van der Waals surface area contributed by atoms with Gasteiger partial charge in [0.25, 0.3) is 5.91 Å². The number of rotatable bonds is 3. The summed E-state index contributed by atoms with van der Waals surface area (Å²) < 4.78 is 5.70. The van der Waals surface area contributed by atoms with E-state index in [0.29, 0.717) is 35.4 Å². The molecule has 1 unspecified atom stereocenters. The summed E-state index contributed by atoms with van der Waals surface area (Å²) in [6, 6.07) is 10.8. The third-order valence-corrected chi connectivity index (χ3v) is 3.76. The van der Waals surface area contributed by atoms with Gasteiger partial charge in [0.1, 0.15) is 5.82 Å². The number of benzene rings is 1. The lowest BCUT2D eigenvalue weighted by Crippen LogP contribution is -2.45. The van der Waals surface area contributed by atoms with Crippen molar-refractivity contribution in [1.29, 1.82) is 0 Å². The Morgan fingerprint density at radius 3 is 2.91 bits per heavy atom. The summed E-state index contributed by atoms with van der Waals surface area (Å²) in [5.41, 5.74) is 6.67. The summed E-state index contributed by atoms with van der Waals surface area (Å²) in [6.45, 7) is 2.29. The van der Waals surface area contributed by atoms with E-state index in [2.05, 4.69) is 4.98 Å². The average molecular weight is 318 g/mol. The van der Waals surface area contributed by atoms with E-state index in [-0.39, 0.29) is 5.91 Å². The molecule has 0 radical (unpaired) electrons. The SMILES string of the molecule is CCC1Oc2ccc(N)nc2N(Cc2cccc(Cl)c2)C1=O. The van der Waals surface area contributed by atoms with E-state index in [9.17, 15) is 4.79 Å². The van der Waals surface area contributed by atoms with Gasteiger partial charge in [0, 0.05) is 5.02 Å². The number of amides is 1. The van der Waals surface area contributed by atoms with Crippen LogP contribution in [0.4, 0.5) is 11.6 Å². The second-order valence-electron chi connectivity index (χ2n) is 5.13. The van der Waals surface area contributed by atoms with Crippen LogP contribution in [-0.4, -0.2) is 17.0 Å². The predicted molar refractivity (Wildman–Crippen MR) is 86.0 cm³/mol. The Hall–Kier alpha value is -2.27. The van der Waals surface area contributed by atoms with Crippen LogP contribution in [0, 0.1) is 0 Å². The third kappa shape index (κ3) is 2.72. The molecule has 1 aromatic heterocycles. The second kappa shape index (κ2) is 5.85. The molecule has 0 saturated heterocycles. The molecule has 1 aromatic carbocycles. The van der Waals surface area contributed by atoms with Gasteiger partial charge in [-0.1, -0.05) is 30.7 Å². The standard InChI is InChI=1S/C16H16ClN3O2/c1-2-12-16(21)20(9-10-4-3-5-11(17)8-10)15-13(22-12)6-7-14(18)19-15/h3-8,12H,2,9H2,1H3,(H2,18,19). The zero-order valence-electron chi connectivity index (χ0n) is 12.1. The van der Waals surface area contributed by atoms with Crippen LogP contribution in [0.2, 0.25) is 5.02 Å². The monoisotopic (exact) mass is 317 g/mol. The minimum atomic E-state index is -0.503. The first-order valence-corrected chi connectivity index (χ1v) is 7.45. The van der Waals surface area contributed by atoms with Gasteiger partial charge in [0.2, 0.25) is 0 Å². The minimum absolute atomic E-state index is 0.118. The van der Waals surface area contributed by atoms with Crippen LogP contribution in [0.5, 0.6) is 5.75 Å². The molecule has 22 heavy (non-hydrogen) atoms. The first-order chi connectivity index (χ1) is 10.6. The molecule has 114 valence electrons. The molecule has 1 aliphatic rings. The number of carbonyl (C=O) groups excluding carboxylic acids is 1. The molecule has 3 rings (SSSR count). The van der Waals surface area contributed by atoms with Crippen molar-refractivity contribution < 1.29 is 9.53 Å². The Kier molecular flexibility index (Phi) is 3.90. The van der Waals surface area contributed by atoms with Gasteiger partial charge in [-0.05, 0) is 36.2 Å². The smallest absolute Gasteiger partial charge is 0.269 e. The number of ether oxygens (including phenoxy) is 1. The van der Waals surface area contributed by atoms with E-state index >= 15 is 0 Å². The van der Waals surface area contributed by atoms with Gasteiger partial charge in [-0.3, -0.25) is 9.69 Å². The van der Waals surface area contributed by atoms with Crippen LogP contribution in [-0.2, 0) is 11.3 Å². The van der Waals surface area contributed by atoms with E-state index < -0.39 is 6.10 Å². The van der Waals surface area contributed by atoms with Crippen molar-refractivity contribution in [3.05, 3.63) is 47.0 Å². The number of carbonyl (C=O) groups is 1. The molecule has 0 fully saturated rings. The molecule has 0 saturated carbocycles. The molecule has 1 atom stereocenters. The van der Waals surface area contributed by atoms with Crippen LogP contribution < -0.4 is 15.4 Å². The van der Waals surface area contributed by atoms with Gasteiger partial charge in [-0.2, -0.15) is 0 Å². The Morgan fingerprint density at radius 1 is 1.36 bits per heavy atom. The summed E-state index contributed by atoms with van der Waals surface area (Å²) in [7, 11) is 0. The van der Waals surface area contributed by atoms with Gasteiger partial charge >= 0.3 is 0 Å². The second-order valence-corrected chi connectivity index (χ2v) is 5.56. The third-order valence-electron chi connectivity index (χ3n) is 3.53. The Labute approximate surface area is 133 Å². The number of nitrogen functional groups attached to an aromatic ring is 1. The molecular formula is C16H16ClN3O2. The van der Waals surface area contributed by atoms with E-state index in [0.717, 1.165) is 5.56 Å². The Bertz CT molecular complexity index is 720. The number of nitrogens with two attached hydrogens (primary N) is 1. The number of pyridine rings is 1. The fourth-order valence-electron chi connectivity index (χ4n) is 2.45. The highest BCUT2D eigenvalue weighted by Crippen LogP contribution is 2.34. The van der Waals surface area contributed by atoms with E-state index in [4.69, 9.17) is 22.1 Å². The molecule has 0 spiro atoms. The topological polar surface area (TPSA) is 68.5 Å². The number of fused-ring (bicyclic) bond motifs is 1. The molecule has 0 bridgehead atoms. The van der Waals surface area contributed by atoms with Crippen LogP contribution in [0.25, 0.3) is 0 Å².